The fourth-order valence-electron chi connectivity index (χ4n) is 25.8. The van der Waals surface area contributed by atoms with Gasteiger partial charge in [-0.1, -0.05) is 299 Å². The number of aromatic nitrogens is 8. The summed E-state index contributed by atoms with van der Waals surface area (Å²) in [5.41, 5.74) is 30.3. The van der Waals surface area contributed by atoms with Crippen LogP contribution in [-0.2, 0) is 25.9 Å². The first kappa shape index (κ1) is 81.7. The molecule has 0 N–H and O–H groups in total. The summed E-state index contributed by atoms with van der Waals surface area (Å²) in [7, 11) is -5.58. The summed E-state index contributed by atoms with van der Waals surface area (Å²) in [6.07, 6.45) is 0. The second-order valence-electron chi connectivity index (χ2n) is 46.2. The molecule has 8 aromatic heterocycles. The third-order valence-electron chi connectivity index (χ3n) is 35.0. The number of hydrogen-bond acceptors (Lipinski definition) is 0. The van der Waals surface area contributed by atoms with Gasteiger partial charge in [0.15, 0.2) is 0 Å². The smallest absolute Gasteiger partial charge is 0.149 e. The van der Waals surface area contributed by atoms with Gasteiger partial charge >= 0.3 is 0 Å². The molecule has 0 spiro atoms. The maximum atomic E-state index is 8.57. The second kappa shape index (κ2) is 28.9. The van der Waals surface area contributed by atoms with Gasteiger partial charge in [-0.3, -0.25) is 0 Å². The van der Waals surface area contributed by atoms with Gasteiger partial charge < -0.3 is 0 Å². The van der Waals surface area contributed by atoms with Crippen molar-refractivity contribution in [3.63, 3.8) is 0 Å². The molecule has 16 aromatic rings. The highest BCUT2D eigenvalue weighted by Crippen LogP contribution is 2.61. The molecule has 126 heavy (non-hydrogen) atoms. The van der Waals surface area contributed by atoms with E-state index < -0.39 is 37.9 Å². The zero-order chi connectivity index (χ0) is 97.1. The van der Waals surface area contributed by atoms with Crippen LogP contribution < -0.4 is 33.6 Å². The van der Waals surface area contributed by atoms with E-state index in [0.29, 0.717) is 46.9 Å². The van der Waals surface area contributed by atoms with Crippen LogP contribution in [0.15, 0.2) is 127 Å². The molecule has 0 atom stereocenters. The summed E-state index contributed by atoms with van der Waals surface area (Å²) in [6, 6.07) is 48.0. The molecule has 8 aromatic carbocycles. The first-order valence-corrected chi connectivity index (χ1v) is 56.9. The molecule has 8 nitrogen and oxygen atoms in total. The average molecular weight is 1740 g/mol. The van der Waals surface area contributed by atoms with Gasteiger partial charge in [-0.2, -0.15) is 0 Å². The highest BCUT2D eigenvalue weighted by Gasteiger charge is 2.59. The topological polar surface area (TPSA) is 36.1 Å². The van der Waals surface area contributed by atoms with E-state index in [1.165, 1.54) is 138 Å². The monoisotopic (exact) mass is 1740 g/mol. The number of benzene rings is 8. The van der Waals surface area contributed by atoms with E-state index in [2.05, 4.69) is 420 Å². The van der Waals surface area contributed by atoms with Crippen LogP contribution in [0, 0.1) is 53.7 Å². The summed E-state index contributed by atoms with van der Waals surface area (Å²) in [5, 5.41) is 20.0. The molecule has 0 saturated heterocycles. The van der Waals surface area contributed by atoms with E-state index in [1.807, 2.05) is 12.1 Å². The number of para-hydroxylation sites is 4. The molecule has 0 amide bonds. The maximum Gasteiger partial charge on any atom is 0.250 e. The molecule has 0 radical (unpaired) electrons. The Balaban J connectivity index is 0.000000123. The Bertz CT molecular complexity index is 7630. The van der Waals surface area contributed by atoms with E-state index in [9.17, 15) is 0 Å². The highest BCUT2D eigenvalue weighted by molar-refractivity contribution is 6.96. The van der Waals surface area contributed by atoms with Gasteiger partial charge in [0, 0.05) is 73.0 Å². The lowest BCUT2D eigenvalue weighted by Crippen LogP contribution is -2.60. The molecule has 20 rings (SSSR count). The molecule has 660 valence electrons. The van der Waals surface area contributed by atoms with E-state index in [4.69, 9.17) is 8.22 Å². The summed E-state index contributed by atoms with van der Waals surface area (Å²) in [4.78, 5) is 0. The molecule has 0 saturated carbocycles. The predicted molar refractivity (Wildman–Crippen MR) is 552 cm³/mol. The lowest BCUT2D eigenvalue weighted by atomic mass is 9.52. The molecule has 0 bridgehead atoms. The third-order valence-corrected chi connectivity index (χ3v) is 50.7. The summed E-state index contributed by atoms with van der Waals surface area (Å²) < 4.78 is 71.3. The lowest BCUT2D eigenvalue weighted by molar-refractivity contribution is -0.587. The van der Waals surface area contributed by atoms with Crippen LogP contribution in [0.4, 0.5) is 0 Å². The van der Waals surface area contributed by atoms with Crippen molar-refractivity contribution in [2.75, 3.05) is 0 Å². The van der Waals surface area contributed by atoms with Crippen molar-refractivity contribution in [2.45, 2.75) is 355 Å². The molecular formula is C115H152N8Si3+4. The summed E-state index contributed by atoms with van der Waals surface area (Å²) in [5.74, 6) is 1.57. The quantitative estimate of drug-likeness (QED) is 0.0826. The van der Waals surface area contributed by atoms with Gasteiger partial charge in [-0.15, -0.1) is 18.7 Å². The van der Waals surface area contributed by atoms with Crippen LogP contribution in [0.2, 0.25) is 39.3 Å². The Morgan fingerprint density at radius 3 is 0.881 bits per heavy atom. The van der Waals surface area contributed by atoms with Crippen LogP contribution in [0.3, 0.4) is 0 Å². The fraction of sp³-hybridized carbons (Fsp3) is 0.478. The van der Waals surface area contributed by atoms with Crippen molar-refractivity contribution in [3.05, 3.63) is 217 Å². The third kappa shape index (κ3) is 11.3. The number of pyridine rings is 4. The molecule has 4 aliphatic rings. The summed E-state index contributed by atoms with van der Waals surface area (Å²) in [6.45, 7) is 88.2. The normalized spacial score (nSPS) is 18.5. The first-order chi connectivity index (χ1) is 61.0. The van der Waals surface area contributed by atoms with Crippen LogP contribution in [0.25, 0.3) is 109 Å². The van der Waals surface area contributed by atoms with Crippen LogP contribution >= 0.6 is 0 Å². The largest absolute Gasteiger partial charge is 0.250 e. The van der Waals surface area contributed by atoms with Crippen molar-refractivity contribution < 1.29 is 26.3 Å². The molecule has 11 heterocycles. The number of nitrogens with zero attached hydrogens (tertiary/aromatic N) is 8. The molecule has 3 aliphatic heterocycles. The van der Waals surface area contributed by atoms with Crippen molar-refractivity contribution in [3.8, 4) is 0 Å². The van der Waals surface area contributed by atoms with E-state index >= 15 is 0 Å². The average Bonchev–Trinajstić information content (AvgIpc) is 1.53. The standard InChI is InChI=1S/C32H43N2.2C28H37N2Si.C27H35N2Si/c1-18(2)22-14-13-15-23-25-20(5)16-17-24-26(25)29-27(31(9,10)32(11,12)30(24,7)8)21(6)33(19(3)4)34(29)28(22)23;2*1-16(2)20-12-11-13-21-23-18(5)14-15-22-24(23)26-27(31(9,10)28(22,7)8)19(6)29(17(3)4)30(26)25(20)21;1-16(2)19-12-10-14-21-20-13-11-15-22-23(20)25-26(30(8,9)27(22,6)7)18(5)28(17(3)4)29(25)24(19)21/h13-19H,1-12H3;2*11-17H,1-10H3;10-17H,1-9H3/q4*+1/i2*5D3;;. The lowest BCUT2D eigenvalue weighted by Gasteiger charge is -2.51. The Labute approximate surface area is 766 Å². The Morgan fingerprint density at radius 2 is 0.540 bits per heavy atom. The molecule has 0 fully saturated rings. The van der Waals surface area contributed by atoms with Crippen molar-refractivity contribution in [1.82, 2.24) is 18.7 Å². The molecule has 0 unspecified atom stereocenters. The number of fused-ring (bicyclic) bond motifs is 12. The number of rotatable bonds is 8. The minimum Gasteiger partial charge on any atom is -0.149 e. The first-order valence-electron chi connectivity index (χ1n) is 50.9. The van der Waals surface area contributed by atoms with Crippen LogP contribution in [0.1, 0.15) is 339 Å². The molecule has 1 aliphatic carbocycles. The minimum absolute atomic E-state index is 0.0315. The van der Waals surface area contributed by atoms with E-state index in [1.54, 1.807) is 21.5 Å². The van der Waals surface area contributed by atoms with Crippen molar-refractivity contribution in [1.29, 1.82) is 0 Å². The number of aryl methyl sites for hydroxylation is 3. The maximum absolute atomic E-state index is 8.57. The fourth-order valence-corrected chi connectivity index (χ4v) is 35.8. The Kier molecular flexibility index (Phi) is 18.7. The van der Waals surface area contributed by atoms with E-state index in [-0.39, 0.29) is 43.4 Å². The van der Waals surface area contributed by atoms with Gasteiger partial charge in [-0.25, -0.2) is 0 Å². The van der Waals surface area contributed by atoms with Crippen molar-refractivity contribution in [2.24, 2.45) is 5.41 Å². The zero-order valence-corrected chi connectivity index (χ0v) is 87.3. The molecular weight excluding hydrogens is 1580 g/mol. The highest BCUT2D eigenvalue weighted by atomic mass is 28.3. The zero-order valence-electron chi connectivity index (χ0n) is 90.3. The van der Waals surface area contributed by atoms with E-state index in [0.717, 1.165) is 43.4 Å². The van der Waals surface area contributed by atoms with Gasteiger partial charge in [0.05, 0.1) is 95.6 Å². The second-order valence-corrected chi connectivity index (χ2v) is 61.2. The minimum atomic E-state index is -2.21. The molecule has 11 heteroatoms. The van der Waals surface area contributed by atoms with Gasteiger partial charge in [0.1, 0.15) is 24.2 Å². The van der Waals surface area contributed by atoms with Crippen LogP contribution in [-0.4, -0.2) is 42.9 Å². The van der Waals surface area contributed by atoms with Crippen LogP contribution in [0.5, 0.6) is 0 Å². The summed E-state index contributed by atoms with van der Waals surface area (Å²) >= 11 is 0. The van der Waals surface area contributed by atoms with Gasteiger partial charge in [0.25, 0.3) is 0 Å². The predicted octanol–water partition coefficient (Wildman–Crippen LogP) is 27.9. The Morgan fingerprint density at radius 1 is 0.270 bits per heavy atom. The number of hydrogen-bond donors (Lipinski definition) is 0. The SMILES string of the molecule is Cc1c2c3c4c(cccc4c4cccc(C(C)C)c4[n+]3n1C(C)C)C(C)(C)[Si]2(C)C.Cc1ccc2c3c1c1cccc(C(C)C)c1[n+]1c3c(c(C)n1C(C)C)[Si](C)(C)C2(C)C.[2H]C([2H])([2H])c1ccc2c3c1c1cccc(C(C)C)c1[n+]1c3c(c(C)n1C(C)C)C(C)(C)C(C)(C)C2(C)C.[2H]C([2H])([2H])c1ccc2c3c1c1cccc(C(C)C)c1[n+]1c3c(c(C)n1C(C)C)[Si](C)(C)C2(C)C. The van der Waals surface area contributed by atoms with Crippen molar-refractivity contribution >= 4 is 149 Å². The van der Waals surface area contributed by atoms with Gasteiger partial charge in [-0.05, 0) is 217 Å². The Hall–Kier alpha value is -8.75. The van der Waals surface area contributed by atoms with Gasteiger partial charge in [0.2, 0.25) is 44.1 Å².